The maximum atomic E-state index is 13.2. The standard InChI is InChI=1S/C25H29N3O5/c1-16-12-19(17(2)27(16)13-18-15-32-21-8-4-5-9-22(21)33-18)20(29)14-28-23(30)25(26-24(28)31)10-6-3-7-11-25/h4-5,8-9,12,18H,3,6-7,10-11,13-15H2,1-2H3,(H,26,31)/t18-/m1/s1. The van der Waals surface area contributed by atoms with Crippen molar-refractivity contribution in [2.45, 2.75) is 64.1 Å². The number of rotatable bonds is 5. The van der Waals surface area contributed by atoms with Crippen molar-refractivity contribution in [3.8, 4) is 11.5 Å². The Kier molecular flexibility index (Phi) is 5.38. The molecular weight excluding hydrogens is 422 g/mol. The minimum atomic E-state index is -0.818. The van der Waals surface area contributed by atoms with Crippen LogP contribution in [0.1, 0.15) is 53.8 Å². The van der Waals surface area contributed by atoms with Gasteiger partial charge in [-0.15, -0.1) is 0 Å². The largest absolute Gasteiger partial charge is 0.486 e. The molecule has 1 saturated carbocycles. The molecule has 0 unspecified atom stereocenters. The molecule has 1 aromatic carbocycles. The van der Waals surface area contributed by atoms with E-state index in [2.05, 4.69) is 5.32 Å². The fourth-order valence-electron chi connectivity index (χ4n) is 5.26. The molecule has 1 saturated heterocycles. The summed E-state index contributed by atoms with van der Waals surface area (Å²) < 4.78 is 13.9. The molecule has 0 radical (unpaired) electrons. The van der Waals surface area contributed by atoms with Crippen LogP contribution in [-0.4, -0.2) is 52.0 Å². The zero-order valence-corrected chi connectivity index (χ0v) is 19.1. The predicted octanol–water partition coefficient (Wildman–Crippen LogP) is 3.38. The summed E-state index contributed by atoms with van der Waals surface area (Å²) in [5, 5.41) is 2.87. The summed E-state index contributed by atoms with van der Waals surface area (Å²) in [7, 11) is 0. The number of carbonyl (C=O) groups excluding carboxylic acids is 3. The maximum Gasteiger partial charge on any atom is 0.325 e. The summed E-state index contributed by atoms with van der Waals surface area (Å²) in [5.41, 5.74) is 1.41. The van der Waals surface area contributed by atoms with Crippen molar-refractivity contribution in [1.29, 1.82) is 0 Å². The van der Waals surface area contributed by atoms with Gasteiger partial charge in [-0.2, -0.15) is 0 Å². The van der Waals surface area contributed by atoms with Gasteiger partial charge in [0.1, 0.15) is 12.1 Å². The number of imide groups is 1. The molecule has 2 fully saturated rings. The first-order chi connectivity index (χ1) is 15.9. The smallest absolute Gasteiger partial charge is 0.325 e. The molecule has 8 nitrogen and oxygen atoms in total. The van der Waals surface area contributed by atoms with Crippen LogP contribution in [0.15, 0.2) is 30.3 Å². The number of amides is 3. The Morgan fingerprint density at radius 3 is 2.61 bits per heavy atom. The number of ketones is 1. The molecule has 1 aromatic heterocycles. The van der Waals surface area contributed by atoms with Gasteiger partial charge in [-0.25, -0.2) is 4.79 Å². The van der Waals surface area contributed by atoms with E-state index in [-0.39, 0.29) is 24.3 Å². The van der Waals surface area contributed by atoms with Gasteiger partial charge < -0.3 is 19.4 Å². The molecule has 1 N–H and O–H groups in total. The number of aryl methyl sites for hydroxylation is 1. The topological polar surface area (TPSA) is 89.9 Å². The summed E-state index contributed by atoms with van der Waals surface area (Å²) >= 11 is 0. The van der Waals surface area contributed by atoms with Crippen molar-refractivity contribution >= 4 is 17.7 Å². The van der Waals surface area contributed by atoms with Gasteiger partial charge >= 0.3 is 6.03 Å². The summed E-state index contributed by atoms with van der Waals surface area (Å²) in [5.74, 6) is 0.940. The van der Waals surface area contributed by atoms with Crippen LogP contribution in [0.2, 0.25) is 0 Å². The van der Waals surface area contributed by atoms with Crippen molar-refractivity contribution in [1.82, 2.24) is 14.8 Å². The molecule has 33 heavy (non-hydrogen) atoms. The summed E-state index contributed by atoms with van der Waals surface area (Å²) in [6.07, 6.45) is 3.98. The number of para-hydroxylation sites is 2. The summed E-state index contributed by atoms with van der Waals surface area (Å²) in [6, 6.07) is 8.92. The van der Waals surface area contributed by atoms with E-state index in [0.29, 0.717) is 37.3 Å². The highest BCUT2D eigenvalue weighted by molar-refractivity contribution is 6.11. The van der Waals surface area contributed by atoms with E-state index >= 15 is 0 Å². The fourth-order valence-corrected chi connectivity index (χ4v) is 5.26. The highest BCUT2D eigenvalue weighted by Gasteiger charge is 2.51. The second kappa shape index (κ2) is 8.24. The lowest BCUT2D eigenvalue weighted by atomic mass is 9.82. The van der Waals surface area contributed by atoms with Gasteiger partial charge in [-0.1, -0.05) is 31.4 Å². The third-order valence-electron chi connectivity index (χ3n) is 7.08. The quantitative estimate of drug-likeness (QED) is 0.556. The van der Waals surface area contributed by atoms with E-state index < -0.39 is 11.6 Å². The molecule has 2 aliphatic heterocycles. The van der Waals surface area contributed by atoms with E-state index in [0.717, 1.165) is 41.3 Å². The van der Waals surface area contributed by atoms with E-state index in [1.807, 2.05) is 48.7 Å². The van der Waals surface area contributed by atoms with Crippen LogP contribution < -0.4 is 14.8 Å². The van der Waals surface area contributed by atoms with Crippen LogP contribution in [0.3, 0.4) is 0 Å². The molecule has 3 aliphatic rings. The Bertz CT molecular complexity index is 1120. The van der Waals surface area contributed by atoms with E-state index in [4.69, 9.17) is 9.47 Å². The summed E-state index contributed by atoms with van der Waals surface area (Å²) in [4.78, 5) is 39.8. The molecule has 3 heterocycles. The maximum absolute atomic E-state index is 13.2. The number of nitrogens with zero attached hydrogens (tertiary/aromatic N) is 2. The van der Waals surface area contributed by atoms with Crippen molar-refractivity contribution in [2.24, 2.45) is 0 Å². The molecule has 0 bridgehead atoms. The van der Waals surface area contributed by atoms with Crippen molar-refractivity contribution in [2.75, 3.05) is 13.2 Å². The number of Topliss-reactive ketones (excluding diaryl/α,β-unsaturated/α-hetero) is 1. The number of hydrogen-bond acceptors (Lipinski definition) is 5. The molecule has 1 spiro atoms. The Labute approximate surface area is 192 Å². The monoisotopic (exact) mass is 451 g/mol. The molecule has 5 rings (SSSR count). The number of fused-ring (bicyclic) bond motifs is 1. The molecule has 2 aromatic rings. The number of aromatic nitrogens is 1. The van der Waals surface area contributed by atoms with Gasteiger partial charge in [-0.3, -0.25) is 14.5 Å². The van der Waals surface area contributed by atoms with Crippen molar-refractivity contribution in [3.63, 3.8) is 0 Å². The van der Waals surface area contributed by atoms with Crippen LogP contribution in [-0.2, 0) is 11.3 Å². The second-order valence-corrected chi connectivity index (χ2v) is 9.28. The van der Waals surface area contributed by atoms with Gasteiger partial charge in [0.25, 0.3) is 5.91 Å². The van der Waals surface area contributed by atoms with Crippen LogP contribution >= 0.6 is 0 Å². The van der Waals surface area contributed by atoms with Gasteiger partial charge in [0, 0.05) is 17.0 Å². The Morgan fingerprint density at radius 2 is 1.85 bits per heavy atom. The lowest BCUT2D eigenvalue weighted by molar-refractivity contribution is -0.132. The lowest BCUT2D eigenvalue weighted by Crippen LogP contribution is -2.48. The van der Waals surface area contributed by atoms with Gasteiger partial charge in [-0.05, 0) is 44.9 Å². The molecule has 1 aliphatic carbocycles. The third-order valence-corrected chi connectivity index (χ3v) is 7.08. The van der Waals surface area contributed by atoms with Crippen LogP contribution in [0.4, 0.5) is 4.79 Å². The average Bonchev–Trinajstić information content (AvgIpc) is 3.22. The molecular formula is C25H29N3O5. The second-order valence-electron chi connectivity index (χ2n) is 9.28. The van der Waals surface area contributed by atoms with Crippen molar-refractivity contribution in [3.05, 3.63) is 47.3 Å². The van der Waals surface area contributed by atoms with E-state index in [9.17, 15) is 14.4 Å². The molecule has 1 atom stereocenters. The highest BCUT2D eigenvalue weighted by atomic mass is 16.6. The third kappa shape index (κ3) is 3.77. The first kappa shape index (κ1) is 21.6. The van der Waals surface area contributed by atoms with E-state index in [1.165, 1.54) is 0 Å². The Hall–Kier alpha value is -3.29. The zero-order chi connectivity index (χ0) is 23.2. The molecule has 174 valence electrons. The van der Waals surface area contributed by atoms with E-state index in [1.54, 1.807) is 0 Å². The van der Waals surface area contributed by atoms with Crippen LogP contribution in [0.5, 0.6) is 11.5 Å². The average molecular weight is 452 g/mol. The number of urea groups is 1. The van der Waals surface area contributed by atoms with Gasteiger partial charge in [0.2, 0.25) is 0 Å². The van der Waals surface area contributed by atoms with Crippen LogP contribution in [0.25, 0.3) is 0 Å². The Balaban J connectivity index is 1.30. The fraction of sp³-hybridized carbons (Fsp3) is 0.480. The first-order valence-corrected chi connectivity index (χ1v) is 11.6. The number of nitrogens with one attached hydrogen (secondary N) is 1. The minimum Gasteiger partial charge on any atom is -0.486 e. The predicted molar refractivity (Wildman–Crippen MR) is 121 cm³/mol. The van der Waals surface area contributed by atoms with Crippen LogP contribution in [0, 0.1) is 13.8 Å². The number of carbonyl (C=O) groups is 3. The number of ether oxygens (including phenoxy) is 2. The molecule has 3 amide bonds. The molecule has 8 heteroatoms. The minimum absolute atomic E-state index is 0.190. The normalized spacial score (nSPS) is 21.4. The SMILES string of the molecule is Cc1cc(C(=O)CN2C(=O)NC3(CCCCC3)C2=O)c(C)n1C[C@@H]1COc2ccccc2O1. The lowest BCUT2D eigenvalue weighted by Gasteiger charge is -2.30. The zero-order valence-electron chi connectivity index (χ0n) is 19.1. The van der Waals surface area contributed by atoms with Gasteiger partial charge in [0.05, 0.1) is 13.1 Å². The summed E-state index contributed by atoms with van der Waals surface area (Å²) in [6.45, 7) is 4.53. The van der Waals surface area contributed by atoms with Crippen molar-refractivity contribution < 1.29 is 23.9 Å². The number of hydrogen-bond donors (Lipinski definition) is 1. The first-order valence-electron chi connectivity index (χ1n) is 11.6. The number of benzene rings is 1. The van der Waals surface area contributed by atoms with Gasteiger partial charge in [0.15, 0.2) is 23.4 Å². The highest BCUT2D eigenvalue weighted by Crippen LogP contribution is 2.34. The Morgan fingerprint density at radius 1 is 1.12 bits per heavy atom.